The number of aromatic nitrogens is 1. The number of nitrogens with zero attached hydrogens (tertiary/aromatic N) is 1. The molecule has 0 saturated heterocycles. The second-order valence-electron chi connectivity index (χ2n) is 6.30. The third-order valence-electron chi connectivity index (χ3n) is 3.96. The van der Waals surface area contributed by atoms with Crippen LogP contribution in [0, 0.1) is 0 Å². The maximum absolute atomic E-state index is 13.6. The van der Waals surface area contributed by atoms with Gasteiger partial charge in [-0.2, -0.15) is 0 Å². The van der Waals surface area contributed by atoms with Crippen LogP contribution in [-0.4, -0.2) is 31.4 Å². The third-order valence-corrected chi connectivity index (χ3v) is 7.96. The molecule has 9 nitrogen and oxygen atoms in total. The number of phosphoric acid groups is 1. The molecule has 0 saturated carbocycles. The minimum atomic E-state index is -4.05. The molecule has 0 radical (unpaired) electrons. The van der Waals surface area contributed by atoms with Crippen LogP contribution >= 0.6 is 15.4 Å². The van der Waals surface area contributed by atoms with E-state index in [-0.39, 0.29) is 33.0 Å². The molecule has 2 aromatic rings. The number of hydrogen-bond acceptors (Lipinski definition) is 9. The molecule has 0 fully saturated rings. The smallest absolute Gasteiger partial charge is 0.475 e. The van der Waals surface area contributed by atoms with E-state index >= 15 is 0 Å². The Balaban J connectivity index is 2.39. The van der Waals surface area contributed by atoms with E-state index in [9.17, 15) is 9.13 Å². The van der Waals surface area contributed by atoms with Crippen LogP contribution in [0.25, 0.3) is 0 Å². The molecule has 1 unspecified atom stereocenters. The van der Waals surface area contributed by atoms with Gasteiger partial charge in [-0.15, -0.1) is 0 Å². The molecule has 178 valence electrons. The van der Waals surface area contributed by atoms with Gasteiger partial charge in [0.1, 0.15) is 12.4 Å². The van der Waals surface area contributed by atoms with Gasteiger partial charge in [-0.3, -0.25) is 23.1 Å². The molecule has 0 aliphatic heterocycles. The first-order valence-corrected chi connectivity index (χ1v) is 13.6. The van der Waals surface area contributed by atoms with Crippen LogP contribution in [0.15, 0.2) is 48.7 Å². The van der Waals surface area contributed by atoms with Crippen molar-refractivity contribution in [2.45, 2.75) is 40.1 Å². The van der Waals surface area contributed by atoms with Crippen molar-refractivity contribution in [2.75, 3.05) is 26.4 Å². The summed E-state index contributed by atoms with van der Waals surface area (Å²) in [6.07, 6.45) is 1.68. The van der Waals surface area contributed by atoms with Gasteiger partial charge in [-0.25, -0.2) is 4.57 Å². The maximum Gasteiger partial charge on any atom is 0.475 e. The van der Waals surface area contributed by atoms with Crippen LogP contribution in [0.1, 0.15) is 44.8 Å². The van der Waals surface area contributed by atoms with Crippen LogP contribution in [-0.2, 0) is 38.4 Å². The van der Waals surface area contributed by atoms with Crippen molar-refractivity contribution in [1.29, 1.82) is 0 Å². The van der Waals surface area contributed by atoms with Gasteiger partial charge in [0.2, 0.25) is 0 Å². The van der Waals surface area contributed by atoms with Crippen molar-refractivity contribution in [2.24, 2.45) is 0 Å². The topological polar surface area (TPSA) is 102 Å². The summed E-state index contributed by atoms with van der Waals surface area (Å²) in [6.45, 7) is 7.25. The Bertz CT molecular complexity index is 892. The van der Waals surface area contributed by atoms with E-state index in [2.05, 4.69) is 4.98 Å². The van der Waals surface area contributed by atoms with Gasteiger partial charge in [0.25, 0.3) is 0 Å². The first kappa shape index (κ1) is 26.7. The fourth-order valence-electron chi connectivity index (χ4n) is 2.77. The number of phosphoric ester groups is 1. The number of benzene rings is 1. The van der Waals surface area contributed by atoms with Crippen molar-refractivity contribution in [3.8, 4) is 5.75 Å². The van der Waals surface area contributed by atoms with Crippen LogP contribution in [0.4, 0.5) is 0 Å². The maximum atomic E-state index is 13.6. The normalized spacial score (nSPS) is 13.1. The van der Waals surface area contributed by atoms with Gasteiger partial charge in [0.05, 0.1) is 32.1 Å². The summed E-state index contributed by atoms with van der Waals surface area (Å²) in [7, 11) is -7.96. The largest absolute Gasteiger partial charge is 0.487 e. The molecular weight excluding hydrogens is 456 g/mol. The molecule has 0 aliphatic rings. The van der Waals surface area contributed by atoms with Crippen LogP contribution in [0.5, 0.6) is 5.75 Å². The second-order valence-corrected chi connectivity index (χ2v) is 9.98. The van der Waals surface area contributed by atoms with Gasteiger partial charge in [-0.1, -0.05) is 18.2 Å². The summed E-state index contributed by atoms with van der Waals surface area (Å²) >= 11 is 0. The molecule has 11 heteroatoms. The Morgan fingerprint density at radius 2 is 1.50 bits per heavy atom. The Morgan fingerprint density at radius 1 is 0.844 bits per heavy atom. The van der Waals surface area contributed by atoms with Crippen molar-refractivity contribution in [3.63, 3.8) is 0 Å². The molecule has 0 aliphatic carbocycles. The molecular formula is C21H31NO8P2. The number of rotatable bonds is 15. The van der Waals surface area contributed by atoms with Crippen molar-refractivity contribution in [3.05, 3.63) is 59.9 Å². The Morgan fingerprint density at radius 3 is 2.06 bits per heavy atom. The summed E-state index contributed by atoms with van der Waals surface area (Å²) < 4.78 is 59.8. The quantitative estimate of drug-likeness (QED) is 0.275. The lowest BCUT2D eigenvalue weighted by Gasteiger charge is -2.29. The number of hydrogen-bond donors (Lipinski definition) is 0. The summed E-state index contributed by atoms with van der Waals surface area (Å²) in [4.78, 5) is 4.22. The van der Waals surface area contributed by atoms with Gasteiger partial charge in [0, 0.05) is 6.20 Å². The Labute approximate surface area is 189 Å². The fourth-order valence-corrected chi connectivity index (χ4v) is 6.36. The van der Waals surface area contributed by atoms with Gasteiger partial charge >= 0.3 is 15.4 Å². The monoisotopic (exact) mass is 487 g/mol. The highest BCUT2D eigenvalue weighted by Crippen LogP contribution is 2.67. The van der Waals surface area contributed by atoms with E-state index in [0.717, 1.165) is 5.69 Å². The highest BCUT2D eigenvalue weighted by atomic mass is 31.2. The lowest BCUT2D eigenvalue weighted by molar-refractivity contribution is 0.0891. The summed E-state index contributed by atoms with van der Waals surface area (Å²) in [5, 5.41) is 0. The Kier molecular flexibility index (Phi) is 11.0. The van der Waals surface area contributed by atoms with Gasteiger partial charge < -0.3 is 13.8 Å². The van der Waals surface area contributed by atoms with Crippen LogP contribution in [0.3, 0.4) is 0 Å². The zero-order chi connectivity index (χ0) is 23.5. The molecule has 0 spiro atoms. The molecule has 0 amide bonds. The Hall–Kier alpha value is -1.57. The zero-order valence-corrected chi connectivity index (χ0v) is 20.6. The van der Waals surface area contributed by atoms with Crippen molar-refractivity contribution in [1.82, 2.24) is 4.98 Å². The van der Waals surface area contributed by atoms with E-state index in [4.69, 9.17) is 27.4 Å². The third kappa shape index (κ3) is 7.78. The molecule has 0 bridgehead atoms. The minimum absolute atomic E-state index is 0.0742. The molecule has 1 aromatic heterocycles. The lowest BCUT2D eigenvalue weighted by Crippen LogP contribution is -2.12. The first-order valence-electron chi connectivity index (χ1n) is 10.5. The molecule has 2 rings (SSSR count). The molecule has 1 atom stereocenters. The number of ether oxygens (including phenoxy) is 1. The molecule has 32 heavy (non-hydrogen) atoms. The molecule has 1 aromatic carbocycles. The van der Waals surface area contributed by atoms with Crippen LogP contribution < -0.4 is 4.74 Å². The van der Waals surface area contributed by atoms with Crippen LogP contribution in [0.2, 0.25) is 0 Å². The average Bonchev–Trinajstić information content (AvgIpc) is 2.78. The lowest BCUT2D eigenvalue weighted by atomic mass is 10.2. The minimum Gasteiger partial charge on any atom is -0.487 e. The fraction of sp³-hybridized carbons (Fsp3) is 0.476. The first-order chi connectivity index (χ1) is 15.4. The highest BCUT2D eigenvalue weighted by molar-refractivity contribution is 7.55. The average molecular weight is 487 g/mol. The summed E-state index contributed by atoms with van der Waals surface area (Å²) in [5.41, 5.74) is 1.13. The summed E-state index contributed by atoms with van der Waals surface area (Å²) in [5.74, 6) is -0.881. The van der Waals surface area contributed by atoms with E-state index in [0.29, 0.717) is 11.3 Å². The molecule has 1 heterocycles. The van der Waals surface area contributed by atoms with E-state index < -0.39 is 21.3 Å². The highest BCUT2D eigenvalue weighted by Gasteiger charge is 2.44. The summed E-state index contributed by atoms with van der Waals surface area (Å²) in [6, 6.07) is 12.3. The molecule has 0 N–H and O–H groups in total. The standard InChI is InChI=1S/C21H31NO8P2/c1-5-26-31(23,27-6-2)21(30-32(24,28-7-3)29-8-4)18-12-11-14-20(16-18)25-17-19-13-9-10-15-22-19/h9-16,21H,5-8,17H2,1-4H3. The predicted molar refractivity (Wildman–Crippen MR) is 121 cm³/mol. The van der Waals surface area contributed by atoms with Crippen molar-refractivity contribution >= 4 is 15.4 Å². The van der Waals surface area contributed by atoms with Crippen molar-refractivity contribution < 1.29 is 36.5 Å². The van der Waals surface area contributed by atoms with Gasteiger partial charge in [-0.05, 0) is 57.5 Å². The zero-order valence-electron chi connectivity index (χ0n) is 18.8. The SMILES string of the molecule is CCOP(=O)(OCC)OC(c1cccc(OCc2ccccn2)c1)P(=O)(OCC)OCC. The van der Waals surface area contributed by atoms with Gasteiger partial charge in [0.15, 0.2) is 5.85 Å². The predicted octanol–water partition coefficient (Wildman–Crippen LogP) is 6.12. The van der Waals surface area contributed by atoms with E-state index in [1.165, 1.54) is 0 Å². The van der Waals surface area contributed by atoms with E-state index in [1.807, 2.05) is 18.2 Å². The number of pyridine rings is 1. The second kappa shape index (κ2) is 13.2. The van der Waals surface area contributed by atoms with E-state index in [1.54, 1.807) is 58.2 Å².